The Kier molecular flexibility index (Phi) is 5.11. The second-order valence-corrected chi connectivity index (χ2v) is 4.44. The lowest BCUT2D eigenvalue weighted by atomic mass is 10.0. The quantitative estimate of drug-likeness (QED) is 0.712. The Morgan fingerprint density at radius 1 is 1.05 bits per heavy atom. The van der Waals surface area contributed by atoms with Crippen LogP contribution in [-0.4, -0.2) is 16.1 Å². The van der Waals surface area contributed by atoms with Crippen molar-refractivity contribution in [2.75, 3.05) is 0 Å². The van der Waals surface area contributed by atoms with Crippen LogP contribution in [0.5, 0.6) is 0 Å². The molecular formula is C18H15N3O. The maximum atomic E-state index is 10.2. The van der Waals surface area contributed by atoms with Crippen LogP contribution in [0.4, 0.5) is 0 Å². The zero-order valence-electron chi connectivity index (χ0n) is 11.9. The number of hydrogen-bond donors (Lipinski definition) is 2. The number of H-pyrrole nitrogens is 1. The van der Waals surface area contributed by atoms with Crippen molar-refractivity contribution in [3.05, 3.63) is 78.1 Å². The molecule has 1 heterocycles. The van der Waals surface area contributed by atoms with Crippen molar-refractivity contribution in [2.45, 2.75) is 0 Å². The minimum Gasteiger partial charge on any atom is -0.366 e. The lowest BCUT2D eigenvalue weighted by Crippen LogP contribution is -2.09. The zero-order chi connectivity index (χ0) is 15.8. The Labute approximate surface area is 129 Å². The molecular weight excluding hydrogens is 274 g/mol. The average molecular weight is 289 g/mol. The molecule has 0 fully saturated rings. The number of carbonyl (C=O) groups is 1. The molecule has 0 aliphatic heterocycles. The molecule has 4 heteroatoms. The fourth-order valence-electron chi connectivity index (χ4n) is 1.78. The number of carbonyl (C=O) groups excluding carboxylic acids is 1. The van der Waals surface area contributed by atoms with E-state index in [1.807, 2.05) is 42.5 Å². The summed E-state index contributed by atoms with van der Waals surface area (Å²) >= 11 is 0. The minimum atomic E-state index is -0.459. The van der Waals surface area contributed by atoms with Crippen molar-refractivity contribution in [1.82, 2.24) is 10.2 Å². The van der Waals surface area contributed by atoms with Gasteiger partial charge in [-0.05, 0) is 23.3 Å². The van der Waals surface area contributed by atoms with E-state index in [0.29, 0.717) is 5.56 Å². The summed E-state index contributed by atoms with van der Waals surface area (Å²) in [7, 11) is 0. The number of nitrogens with zero attached hydrogens (tertiary/aromatic N) is 1. The number of aromatic nitrogens is 2. The standard InChI is InChI=1S/C14H10.C4H5N3O/c1-2-12-8-10-14(11-9-12)13-6-4-3-5-7-13;5-4(8)3-1-6-7-2-3/h1,3-11H;1-2H,(H2,5,8)(H,6,7). The number of aromatic amines is 1. The third-order valence-electron chi connectivity index (χ3n) is 2.94. The van der Waals surface area contributed by atoms with Crippen LogP contribution in [0.15, 0.2) is 67.0 Å². The molecule has 0 aliphatic carbocycles. The largest absolute Gasteiger partial charge is 0.366 e. The molecule has 0 atom stereocenters. The van der Waals surface area contributed by atoms with Crippen molar-refractivity contribution in [1.29, 1.82) is 0 Å². The number of terminal acetylenes is 1. The highest BCUT2D eigenvalue weighted by atomic mass is 16.1. The van der Waals surface area contributed by atoms with E-state index >= 15 is 0 Å². The molecule has 4 nitrogen and oxygen atoms in total. The van der Waals surface area contributed by atoms with Crippen molar-refractivity contribution in [3.63, 3.8) is 0 Å². The normalized spacial score (nSPS) is 9.23. The summed E-state index contributed by atoms with van der Waals surface area (Å²) in [6.07, 6.45) is 8.11. The van der Waals surface area contributed by atoms with E-state index in [1.165, 1.54) is 23.5 Å². The van der Waals surface area contributed by atoms with Crippen LogP contribution in [0.2, 0.25) is 0 Å². The average Bonchev–Trinajstić information content (AvgIpc) is 3.11. The van der Waals surface area contributed by atoms with Crippen molar-refractivity contribution >= 4 is 5.91 Å². The minimum absolute atomic E-state index is 0.407. The van der Waals surface area contributed by atoms with Gasteiger partial charge in [0.1, 0.15) is 0 Å². The summed E-state index contributed by atoms with van der Waals surface area (Å²) in [5, 5.41) is 5.98. The Balaban J connectivity index is 0.000000188. The van der Waals surface area contributed by atoms with Crippen LogP contribution >= 0.6 is 0 Å². The molecule has 1 aromatic heterocycles. The lowest BCUT2D eigenvalue weighted by Gasteiger charge is -2.00. The molecule has 0 saturated carbocycles. The third-order valence-corrected chi connectivity index (χ3v) is 2.94. The smallest absolute Gasteiger partial charge is 0.251 e. The summed E-state index contributed by atoms with van der Waals surface area (Å²) < 4.78 is 0. The molecule has 0 bridgehead atoms. The molecule has 108 valence electrons. The van der Waals surface area contributed by atoms with Gasteiger partial charge in [0, 0.05) is 11.8 Å². The predicted octanol–water partition coefficient (Wildman–Crippen LogP) is 2.84. The van der Waals surface area contributed by atoms with Crippen molar-refractivity contribution < 1.29 is 4.79 Å². The first-order valence-electron chi connectivity index (χ1n) is 6.61. The number of hydrogen-bond acceptors (Lipinski definition) is 2. The van der Waals surface area contributed by atoms with Gasteiger partial charge in [-0.3, -0.25) is 9.89 Å². The Hall–Kier alpha value is -3.32. The highest BCUT2D eigenvalue weighted by Crippen LogP contribution is 2.18. The molecule has 3 aromatic rings. The third kappa shape index (κ3) is 4.09. The summed E-state index contributed by atoms with van der Waals surface area (Å²) in [6, 6.07) is 18.3. The van der Waals surface area contributed by atoms with E-state index in [0.717, 1.165) is 5.56 Å². The molecule has 2 aromatic carbocycles. The number of benzene rings is 2. The molecule has 3 rings (SSSR count). The first-order chi connectivity index (χ1) is 10.7. The molecule has 0 spiro atoms. The molecule has 22 heavy (non-hydrogen) atoms. The van der Waals surface area contributed by atoms with E-state index in [2.05, 4.69) is 28.3 Å². The van der Waals surface area contributed by atoms with Crippen molar-refractivity contribution in [2.24, 2.45) is 5.73 Å². The van der Waals surface area contributed by atoms with Gasteiger partial charge in [-0.2, -0.15) is 5.10 Å². The van der Waals surface area contributed by atoms with Gasteiger partial charge in [0.05, 0.1) is 11.8 Å². The van der Waals surface area contributed by atoms with Crippen LogP contribution in [0.3, 0.4) is 0 Å². The fourth-order valence-corrected chi connectivity index (χ4v) is 1.78. The van der Waals surface area contributed by atoms with Gasteiger partial charge in [-0.25, -0.2) is 0 Å². The molecule has 0 aliphatic rings. The van der Waals surface area contributed by atoms with Crippen LogP contribution in [-0.2, 0) is 0 Å². The topological polar surface area (TPSA) is 71.8 Å². The Bertz CT molecular complexity index is 754. The number of rotatable bonds is 2. The predicted molar refractivity (Wildman–Crippen MR) is 86.9 cm³/mol. The van der Waals surface area contributed by atoms with Crippen LogP contribution < -0.4 is 5.73 Å². The van der Waals surface area contributed by atoms with Gasteiger partial charge in [0.2, 0.25) is 0 Å². The first-order valence-corrected chi connectivity index (χ1v) is 6.61. The monoisotopic (exact) mass is 289 g/mol. The second-order valence-electron chi connectivity index (χ2n) is 4.44. The van der Waals surface area contributed by atoms with E-state index in [1.54, 1.807) is 0 Å². The first kappa shape index (κ1) is 15.1. The van der Waals surface area contributed by atoms with E-state index in [9.17, 15) is 4.79 Å². The second kappa shape index (κ2) is 7.46. The van der Waals surface area contributed by atoms with Gasteiger partial charge >= 0.3 is 0 Å². The van der Waals surface area contributed by atoms with Gasteiger partial charge in [-0.1, -0.05) is 48.4 Å². The Morgan fingerprint density at radius 2 is 1.68 bits per heavy atom. The van der Waals surface area contributed by atoms with E-state index < -0.39 is 5.91 Å². The van der Waals surface area contributed by atoms with Gasteiger partial charge in [-0.15, -0.1) is 6.42 Å². The number of nitrogens with one attached hydrogen (secondary N) is 1. The van der Waals surface area contributed by atoms with Crippen molar-refractivity contribution in [3.8, 4) is 23.5 Å². The number of nitrogens with two attached hydrogens (primary N) is 1. The molecule has 0 unspecified atom stereocenters. The van der Waals surface area contributed by atoms with E-state index in [4.69, 9.17) is 12.2 Å². The summed E-state index contributed by atoms with van der Waals surface area (Å²) in [5.41, 5.74) is 8.60. The fraction of sp³-hybridized carbons (Fsp3) is 0. The highest BCUT2D eigenvalue weighted by molar-refractivity contribution is 5.92. The van der Waals surface area contributed by atoms with Gasteiger partial charge < -0.3 is 5.73 Å². The van der Waals surface area contributed by atoms with Gasteiger partial charge in [0.25, 0.3) is 5.91 Å². The zero-order valence-corrected chi connectivity index (χ0v) is 11.9. The molecule has 1 amide bonds. The summed E-state index contributed by atoms with van der Waals surface area (Å²) in [5.74, 6) is 2.15. The Morgan fingerprint density at radius 3 is 2.14 bits per heavy atom. The maximum absolute atomic E-state index is 10.2. The molecule has 0 radical (unpaired) electrons. The van der Waals surface area contributed by atoms with Crippen LogP contribution in [0.1, 0.15) is 15.9 Å². The summed E-state index contributed by atoms with van der Waals surface area (Å²) in [4.78, 5) is 10.2. The summed E-state index contributed by atoms with van der Waals surface area (Å²) in [6.45, 7) is 0. The molecule has 0 saturated heterocycles. The highest BCUT2D eigenvalue weighted by Gasteiger charge is 1.97. The molecule has 3 N–H and O–H groups in total. The van der Waals surface area contributed by atoms with Crippen LogP contribution in [0.25, 0.3) is 11.1 Å². The van der Waals surface area contributed by atoms with Gasteiger partial charge in [0.15, 0.2) is 0 Å². The SMILES string of the molecule is C#Cc1ccc(-c2ccccc2)cc1.NC(=O)c1cn[nH]c1. The number of amides is 1. The maximum Gasteiger partial charge on any atom is 0.251 e. The number of primary amides is 1. The lowest BCUT2D eigenvalue weighted by molar-refractivity contribution is 0.100. The van der Waals surface area contributed by atoms with Crippen LogP contribution in [0, 0.1) is 12.3 Å². The van der Waals surface area contributed by atoms with E-state index in [-0.39, 0.29) is 0 Å².